The topological polar surface area (TPSA) is 47.6 Å². The van der Waals surface area contributed by atoms with E-state index in [1.54, 1.807) is 32.4 Å². The molecule has 0 aliphatic heterocycles. The molecule has 0 aromatic heterocycles. The molecule has 0 radical (unpaired) electrons. The molecule has 0 heterocycles. The summed E-state index contributed by atoms with van der Waals surface area (Å²) in [6.07, 6.45) is 0.674. The Morgan fingerprint density at radius 2 is 1.65 bits per heavy atom. The van der Waals surface area contributed by atoms with Crippen LogP contribution in [0.4, 0.5) is 5.69 Å². The highest BCUT2D eigenvalue weighted by molar-refractivity contribution is 5.95. The molecular weight excluding hydrogens is 290 g/mol. The van der Waals surface area contributed by atoms with Crippen LogP contribution in [0.2, 0.25) is 0 Å². The third kappa shape index (κ3) is 4.25. The van der Waals surface area contributed by atoms with Crippen LogP contribution in [-0.4, -0.2) is 20.1 Å². The Balaban J connectivity index is 2.11. The number of ether oxygens (including phenoxy) is 2. The van der Waals surface area contributed by atoms with Crippen LogP contribution in [-0.2, 0) is 11.2 Å². The number of rotatable bonds is 6. The lowest BCUT2D eigenvalue weighted by Crippen LogP contribution is -2.32. The summed E-state index contributed by atoms with van der Waals surface area (Å²) in [5, 5.41) is 2.95. The van der Waals surface area contributed by atoms with Crippen LogP contribution in [0.25, 0.3) is 0 Å². The number of hydrogen-bond donors (Lipinski definition) is 1. The van der Waals surface area contributed by atoms with Crippen molar-refractivity contribution in [3.05, 3.63) is 54.1 Å². The molecule has 0 unspecified atom stereocenters. The third-order valence-corrected chi connectivity index (χ3v) is 3.74. The van der Waals surface area contributed by atoms with E-state index in [0.29, 0.717) is 23.6 Å². The Morgan fingerprint density at radius 1 is 1.00 bits per heavy atom. The summed E-state index contributed by atoms with van der Waals surface area (Å²) in [6.45, 7) is 3.88. The summed E-state index contributed by atoms with van der Waals surface area (Å²) in [7, 11) is 3.15. The zero-order chi connectivity index (χ0) is 16.9. The Hall–Kier alpha value is -2.49. The van der Waals surface area contributed by atoms with E-state index < -0.39 is 5.41 Å². The van der Waals surface area contributed by atoms with Crippen molar-refractivity contribution in [3.8, 4) is 11.5 Å². The molecule has 0 bridgehead atoms. The Kier molecular flexibility index (Phi) is 5.27. The summed E-state index contributed by atoms with van der Waals surface area (Å²) in [5.74, 6) is 1.19. The molecule has 0 spiro atoms. The van der Waals surface area contributed by atoms with E-state index in [4.69, 9.17) is 9.47 Å². The number of nitrogens with one attached hydrogen (secondary N) is 1. The van der Waals surface area contributed by atoms with E-state index in [2.05, 4.69) is 5.32 Å². The first-order valence-electron chi connectivity index (χ1n) is 7.53. The van der Waals surface area contributed by atoms with Crippen molar-refractivity contribution in [2.75, 3.05) is 19.5 Å². The molecule has 23 heavy (non-hydrogen) atoms. The number of amides is 1. The average Bonchev–Trinajstić information content (AvgIpc) is 2.55. The summed E-state index contributed by atoms with van der Waals surface area (Å²) >= 11 is 0. The van der Waals surface area contributed by atoms with Crippen molar-refractivity contribution in [1.82, 2.24) is 0 Å². The van der Waals surface area contributed by atoms with Crippen LogP contribution in [0, 0.1) is 5.41 Å². The van der Waals surface area contributed by atoms with Crippen LogP contribution in [0.1, 0.15) is 19.4 Å². The SMILES string of the molecule is COc1ccc(NC(=O)C(C)(C)Cc2ccccc2)cc1OC. The van der Waals surface area contributed by atoms with Crippen molar-refractivity contribution in [3.63, 3.8) is 0 Å². The van der Waals surface area contributed by atoms with E-state index in [0.717, 1.165) is 5.56 Å². The largest absolute Gasteiger partial charge is 0.493 e. The van der Waals surface area contributed by atoms with Gasteiger partial charge in [-0.3, -0.25) is 4.79 Å². The van der Waals surface area contributed by atoms with Crippen molar-refractivity contribution in [1.29, 1.82) is 0 Å². The quantitative estimate of drug-likeness (QED) is 0.879. The van der Waals surface area contributed by atoms with E-state index >= 15 is 0 Å². The monoisotopic (exact) mass is 313 g/mol. The van der Waals surface area contributed by atoms with Gasteiger partial charge in [-0.2, -0.15) is 0 Å². The van der Waals surface area contributed by atoms with Gasteiger partial charge in [0.25, 0.3) is 0 Å². The van der Waals surface area contributed by atoms with Gasteiger partial charge in [0.1, 0.15) is 0 Å². The molecule has 0 saturated carbocycles. The molecule has 0 atom stereocenters. The molecule has 2 aromatic rings. The fourth-order valence-corrected chi connectivity index (χ4v) is 2.40. The molecule has 1 N–H and O–H groups in total. The molecule has 4 nitrogen and oxygen atoms in total. The number of hydrogen-bond acceptors (Lipinski definition) is 3. The second kappa shape index (κ2) is 7.18. The van der Waals surface area contributed by atoms with Gasteiger partial charge in [0.2, 0.25) is 5.91 Å². The molecule has 1 amide bonds. The van der Waals surface area contributed by atoms with Gasteiger partial charge in [-0.1, -0.05) is 44.2 Å². The summed E-state index contributed by atoms with van der Waals surface area (Å²) in [5.41, 5.74) is 1.31. The highest BCUT2D eigenvalue weighted by Gasteiger charge is 2.28. The highest BCUT2D eigenvalue weighted by atomic mass is 16.5. The molecule has 2 aromatic carbocycles. The molecule has 0 fully saturated rings. The van der Waals surface area contributed by atoms with Gasteiger partial charge in [-0.25, -0.2) is 0 Å². The summed E-state index contributed by atoms with van der Waals surface area (Å²) in [4.78, 5) is 12.6. The van der Waals surface area contributed by atoms with Crippen LogP contribution >= 0.6 is 0 Å². The summed E-state index contributed by atoms with van der Waals surface area (Å²) < 4.78 is 10.5. The predicted octanol–water partition coefficient (Wildman–Crippen LogP) is 3.91. The first kappa shape index (κ1) is 16.9. The number of anilines is 1. The molecular formula is C19H23NO3. The maximum atomic E-state index is 12.6. The van der Waals surface area contributed by atoms with E-state index in [1.807, 2.05) is 44.2 Å². The minimum Gasteiger partial charge on any atom is -0.493 e. The van der Waals surface area contributed by atoms with Gasteiger partial charge in [0.05, 0.1) is 14.2 Å². The molecule has 2 rings (SSSR count). The first-order valence-corrected chi connectivity index (χ1v) is 7.53. The number of benzene rings is 2. The molecule has 4 heteroatoms. The smallest absolute Gasteiger partial charge is 0.230 e. The van der Waals surface area contributed by atoms with Gasteiger partial charge in [0, 0.05) is 17.2 Å². The van der Waals surface area contributed by atoms with Crippen LogP contribution in [0.5, 0.6) is 11.5 Å². The second-order valence-electron chi connectivity index (χ2n) is 6.07. The maximum Gasteiger partial charge on any atom is 0.230 e. The van der Waals surface area contributed by atoms with Crippen LogP contribution in [0.15, 0.2) is 48.5 Å². The van der Waals surface area contributed by atoms with Gasteiger partial charge >= 0.3 is 0 Å². The zero-order valence-electron chi connectivity index (χ0n) is 14.1. The van der Waals surface area contributed by atoms with Crippen molar-refractivity contribution in [2.24, 2.45) is 5.41 Å². The average molecular weight is 313 g/mol. The molecule has 0 saturated heterocycles. The number of carbonyl (C=O) groups excluding carboxylic acids is 1. The number of carbonyl (C=O) groups is 1. The predicted molar refractivity (Wildman–Crippen MR) is 92.1 cm³/mol. The van der Waals surface area contributed by atoms with E-state index in [1.165, 1.54) is 0 Å². The molecule has 0 aliphatic carbocycles. The standard InChI is InChI=1S/C19H23NO3/c1-19(2,13-14-8-6-5-7-9-14)18(21)20-15-10-11-16(22-3)17(12-15)23-4/h5-12H,13H2,1-4H3,(H,20,21). The lowest BCUT2D eigenvalue weighted by atomic mass is 9.84. The van der Waals surface area contributed by atoms with Crippen LogP contribution in [0.3, 0.4) is 0 Å². The second-order valence-corrected chi connectivity index (χ2v) is 6.07. The van der Waals surface area contributed by atoms with E-state index in [-0.39, 0.29) is 5.91 Å². The minimum atomic E-state index is -0.519. The lowest BCUT2D eigenvalue weighted by molar-refractivity contribution is -0.123. The van der Waals surface area contributed by atoms with Gasteiger partial charge in [-0.05, 0) is 24.1 Å². The number of methoxy groups -OCH3 is 2. The van der Waals surface area contributed by atoms with Crippen LogP contribution < -0.4 is 14.8 Å². The Bertz CT molecular complexity index is 666. The lowest BCUT2D eigenvalue weighted by Gasteiger charge is -2.24. The molecule has 122 valence electrons. The van der Waals surface area contributed by atoms with Crippen molar-refractivity contribution in [2.45, 2.75) is 20.3 Å². The third-order valence-electron chi connectivity index (χ3n) is 3.74. The first-order chi connectivity index (χ1) is 11.0. The zero-order valence-corrected chi connectivity index (χ0v) is 14.1. The van der Waals surface area contributed by atoms with Gasteiger partial charge < -0.3 is 14.8 Å². The normalized spacial score (nSPS) is 11.0. The maximum absolute atomic E-state index is 12.6. The van der Waals surface area contributed by atoms with Gasteiger partial charge in [0.15, 0.2) is 11.5 Å². The minimum absolute atomic E-state index is 0.0337. The molecule has 0 aliphatic rings. The Labute approximate surface area is 137 Å². The van der Waals surface area contributed by atoms with Crippen molar-refractivity contribution < 1.29 is 14.3 Å². The Morgan fingerprint density at radius 3 is 2.26 bits per heavy atom. The fourth-order valence-electron chi connectivity index (χ4n) is 2.40. The van der Waals surface area contributed by atoms with Gasteiger partial charge in [-0.15, -0.1) is 0 Å². The van der Waals surface area contributed by atoms with E-state index in [9.17, 15) is 4.79 Å². The summed E-state index contributed by atoms with van der Waals surface area (Å²) in [6, 6.07) is 15.3. The fraction of sp³-hybridized carbons (Fsp3) is 0.316. The van der Waals surface area contributed by atoms with Crippen molar-refractivity contribution >= 4 is 11.6 Å². The highest BCUT2D eigenvalue weighted by Crippen LogP contribution is 2.31.